The van der Waals surface area contributed by atoms with Gasteiger partial charge in [0, 0.05) is 6.04 Å². The molecule has 3 N–H and O–H groups in total. The fourth-order valence-corrected chi connectivity index (χ4v) is 3.38. The third kappa shape index (κ3) is 2.43. The molecule has 4 nitrogen and oxygen atoms in total. The molecule has 12 heavy (non-hydrogen) atoms. The van der Waals surface area contributed by atoms with Crippen molar-refractivity contribution < 1.29 is 13.5 Å². The van der Waals surface area contributed by atoms with Crippen LogP contribution < -0.4 is 5.73 Å². The minimum absolute atomic E-state index is 0.0475. The minimum atomic E-state index is -2.88. The van der Waals surface area contributed by atoms with Gasteiger partial charge in [-0.1, -0.05) is 0 Å². The molecule has 2 unspecified atom stereocenters. The van der Waals surface area contributed by atoms with Gasteiger partial charge in [0.2, 0.25) is 0 Å². The normalized spacial score (nSPS) is 31.3. The molecular weight excluding hydrogens is 178 g/mol. The molecule has 1 aliphatic rings. The minimum Gasteiger partial charge on any atom is -0.395 e. The van der Waals surface area contributed by atoms with Crippen LogP contribution in [0.25, 0.3) is 0 Å². The van der Waals surface area contributed by atoms with Crippen LogP contribution in [0.2, 0.25) is 0 Å². The number of rotatable bonds is 2. The molecule has 0 aromatic rings. The highest BCUT2D eigenvalue weighted by Gasteiger charge is 2.28. The zero-order valence-corrected chi connectivity index (χ0v) is 7.76. The summed E-state index contributed by atoms with van der Waals surface area (Å²) in [5.41, 5.74) is 5.55. The van der Waals surface area contributed by atoms with E-state index in [1.54, 1.807) is 0 Å². The quantitative estimate of drug-likeness (QED) is 0.597. The molecule has 1 rings (SSSR count). The first-order valence-corrected chi connectivity index (χ1v) is 5.94. The van der Waals surface area contributed by atoms with Gasteiger partial charge in [0.1, 0.15) is 0 Å². The molecule has 72 valence electrons. The summed E-state index contributed by atoms with van der Waals surface area (Å²) in [6.07, 6.45) is 1.50. The number of hydrogen-bond donors (Lipinski definition) is 2. The molecule has 0 aliphatic carbocycles. The molecule has 0 bridgehead atoms. The van der Waals surface area contributed by atoms with Gasteiger partial charge in [-0.2, -0.15) is 0 Å². The molecule has 0 saturated carbocycles. The summed E-state index contributed by atoms with van der Waals surface area (Å²) in [6, 6.07) is -0.375. The average Bonchev–Trinajstić information content (AvgIpc) is 2.01. The maximum absolute atomic E-state index is 11.1. The fraction of sp³-hybridized carbons (Fsp3) is 1.00. The Morgan fingerprint density at radius 2 is 2.25 bits per heavy atom. The van der Waals surface area contributed by atoms with Crippen molar-refractivity contribution in [2.45, 2.75) is 18.9 Å². The van der Waals surface area contributed by atoms with Gasteiger partial charge in [-0.25, -0.2) is 8.42 Å². The Kier molecular flexibility index (Phi) is 3.09. The Balaban J connectivity index is 2.58. The summed E-state index contributed by atoms with van der Waals surface area (Å²) in [7, 11) is -2.88. The van der Waals surface area contributed by atoms with E-state index in [1.807, 2.05) is 0 Å². The largest absolute Gasteiger partial charge is 0.395 e. The van der Waals surface area contributed by atoms with Crippen LogP contribution in [-0.2, 0) is 9.84 Å². The Morgan fingerprint density at radius 3 is 2.75 bits per heavy atom. The number of aliphatic hydroxyl groups excluding tert-OH is 1. The van der Waals surface area contributed by atoms with E-state index in [1.165, 1.54) is 0 Å². The molecule has 0 aromatic heterocycles. The number of nitrogens with two attached hydrogens (primary N) is 1. The smallest absolute Gasteiger partial charge is 0.150 e. The van der Waals surface area contributed by atoms with E-state index in [2.05, 4.69) is 0 Å². The first-order valence-electron chi connectivity index (χ1n) is 4.12. The van der Waals surface area contributed by atoms with Gasteiger partial charge in [-0.15, -0.1) is 0 Å². The highest BCUT2D eigenvalue weighted by Crippen LogP contribution is 2.20. The Labute approximate surface area is 72.7 Å². The van der Waals surface area contributed by atoms with Crippen LogP contribution in [0.4, 0.5) is 0 Å². The van der Waals surface area contributed by atoms with Crippen LogP contribution in [0.1, 0.15) is 12.8 Å². The van der Waals surface area contributed by atoms with Crippen molar-refractivity contribution in [1.29, 1.82) is 0 Å². The van der Waals surface area contributed by atoms with Crippen molar-refractivity contribution in [3.8, 4) is 0 Å². The van der Waals surface area contributed by atoms with Crippen LogP contribution in [0.5, 0.6) is 0 Å². The van der Waals surface area contributed by atoms with Crippen LogP contribution in [-0.4, -0.2) is 37.7 Å². The summed E-state index contributed by atoms with van der Waals surface area (Å²) in [5, 5.41) is 8.74. The SMILES string of the molecule is NC(CO)C1CCCS(=O)(=O)C1. The van der Waals surface area contributed by atoms with E-state index in [9.17, 15) is 8.42 Å². The monoisotopic (exact) mass is 193 g/mol. The first-order chi connectivity index (χ1) is 5.55. The summed E-state index contributed by atoms with van der Waals surface area (Å²) in [5.74, 6) is 0.380. The lowest BCUT2D eigenvalue weighted by Crippen LogP contribution is -2.40. The molecule has 2 atom stereocenters. The zero-order valence-electron chi connectivity index (χ0n) is 6.94. The van der Waals surface area contributed by atoms with Gasteiger partial charge in [-0.05, 0) is 18.8 Å². The predicted octanol–water partition coefficient (Wildman–Crippen LogP) is -0.869. The van der Waals surface area contributed by atoms with E-state index in [4.69, 9.17) is 10.8 Å². The maximum Gasteiger partial charge on any atom is 0.150 e. The lowest BCUT2D eigenvalue weighted by atomic mass is 9.98. The second-order valence-corrected chi connectivity index (χ2v) is 5.59. The third-order valence-corrected chi connectivity index (χ3v) is 4.16. The van der Waals surface area contributed by atoms with E-state index in [0.717, 1.165) is 6.42 Å². The molecule has 0 spiro atoms. The molecule has 1 fully saturated rings. The second kappa shape index (κ2) is 3.72. The van der Waals surface area contributed by atoms with Crippen molar-refractivity contribution in [3.05, 3.63) is 0 Å². The summed E-state index contributed by atoms with van der Waals surface area (Å²) >= 11 is 0. The van der Waals surface area contributed by atoms with Crippen LogP contribution in [0.15, 0.2) is 0 Å². The predicted molar refractivity (Wildman–Crippen MR) is 46.4 cm³/mol. The lowest BCUT2D eigenvalue weighted by molar-refractivity contribution is 0.226. The molecule has 1 aliphatic heterocycles. The van der Waals surface area contributed by atoms with Crippen molar-refractivity contribution >= 4 is 9.84 Å². The summed E-state index contributed by atoms with van der Waals surface area (Å²) < 4.78 is 22.3. The summed E-state index contributed by atoms with van der Waals surface area (Å²) in [6.45, 7) is -0.125. The van der Waals surface area contributed by atoms with Gasteiger partial charge >= 0.3 is 0 Å². The van der Waals surface area contributed by atoms with E-state index in [0.29, 0.717) is 6.42 Å². The van der Waals surface area contributed by atoms with E-state index < -0.39 is 9.84 Å². The molecule has 1 heterocycles. The van der Waals surface area contributed by atoms with Gasteiger partial charge in [0.25, 0.3) is 0 Å². The van der Waals surface area contributed by atoms with Gasteiger partial charge in [0.15, 0.2) is 9.84 Å². The van der Waals surface area contributed by atoms with Gasteiger partial charge in [-0.3, -0.25) is 0 Å². The Bertz CT molecular complexity index is 237. The topological polar surface area (TPSA) is 80.4 Å². The highest BCUT2D eigenvalue weighted by molar-refractivity contribution is 7.91. The van der Waals surface area contributed by atoms with Crippen molar-refractivity contribution in [2.75, 3.05) is 18.1 Å². The second-order valence-electron chi connectivity index (χ2n) is 3.36. The number of hydrogen-bond acceptors (Lipinski definition) is 4. The Morgan fingerprint density at radius 1 is 1.58 bits per heavy atom. The molecular formula is C7H15NO3S. The standard InChI is InChI=1S/C7H15NO3S/c8-7(4-9)6-2-1-3-12(10,11)5-6/h6-7,9H,1-5,8H2. The van der Waals surface area contributed by atoms with Gasteiger partial charge in [0.05, 0.1) is 18.1 Å². The fourth-order valence-electron chi connectivity index (χ4n) is 1.55. The highest BCUT2D eigenvalue weighted by atomic mass is 32.2. The Hall–Kier alpha value is -0.130. The number of aliphatic hydroxyl groups is 1. The summed E-state index contributed by atoms with van der Waals surface area (Å²) in [4.78, 5) is 0. The number of sulfone groups is 1. The molecule has 0 aromatic carbocycles. The van der Waals surface area contributed by atoms with E-state index >= 15 is 0 Å². The average molecular weight is 193 g/mol. The lowest BCUT2D eigenvalue weighted by Gasteiger charge is -2.25. The maximum atomic E-state index is 11.1. The van der Waals surface area contributed by atoms with Crippen molar-refractivity contribution in [2.24, 2.45) is 11.7 Å². The molecule has 5 heteroatoms. The zero-order chi connectivity index (χ0) is 9.19. The molecule has 1 saturated heterocycles. The first kappa shape index (κ1) is 9.95. The molecule has 0 radical (unpaired) electrons. The van der Waals surface area contributed by atoms with Crippen molar-refractivity contribution in [1.82, 2.24) is 0 Å². The third-order valence-electron chi connectivity index (χ3n) is 2.31. The van der Waals surface area contributed by atoms with E-state index in [-0.39, 0.29) is 30.1 Å². The van der Waals surface area contributed by atoms with Crippen LogP contribution in [0.3, 0.4) is 0 Å². The molecule has 0 amide bonds. The van der Waals surface area contributed by atoms with Crippen LogP contribution in [0, 0.1) is 5.92 Å². The van der Waals surface area contributed by atoms with Gasteiger partial charge < -0.3 is 10.8 Å². The van der Waals surface area contributed by atoms with Crippen molar-refractivity contribution in [3.63, 3.8) is 0 Å². The van der Waals surface area contributed by atoms with Crippen LogP contribution >= 0.6 is 0 Å².